The van der Waals surface area contributed by atoms with E-state index in [1.54, 1.807) is 0 Å². The molecule has 2 rings (SSSR count). The Morgan fingerprint density at radius 3 is 3.00 bits per heavy atom. The molecule has 0 amide bonds. The third kappa shape index (κ3) is 2.64. The molecule has 0 saturated heterocycles. The van der Waals surface area contributed by atoms with Gasteiger partial charge in [-0.15, -0.1) is 0 Å². The molecule has 16 heavy (non-hydrogen) atoms. The number of aliphatic hydroxyl groups is 2. The van der Waals surface area contributed by atoms with Gasteiger partial charge in [-0.1, -0.05) is 0 Å². The standard InChI is InChI=1S/C12H19NO3/c14-5-7-16-6-4-13-8-10-2-1-3-12(15)11(10)9-13/h8-9,12,14-15H,1-7H2. The van der Waals surface area contributed by atoms with Crippen LogP contribution in [0.25, 0.3) is 0 Å². The number of ether oxygens (including phenoxy) is 1. The van der Waals surface area contributed by atoms with Crippen molar-refractivity contribution in [3.8, 4) is 0 Å². The van der Waals surface area contributed by atoms with Gasteiger partial charge < -0.3 is 19.5 Å². The van der Waals surface area contributed by atoms with Gasteiger partial charge in [0.25, 0.3) is 0 Å². The van der Waals surface area contributed by atoms with Gasteiger partial charge in [0, 0.05) is 24.5 Å². The minimum atomic E-state index is -0.289. The van der Waals surface area contributed by atoms with E-state index in [9.17, 15) is 5.11 Å². The van der Waals surface area contributed by atoms with Gasteiger partial charge in [-0.3, -0.25) is 0 Å². The SMILES string of the molecule is OCCOCCn1cc2c(c1)C(O)CCC2. The lowest BCUT2D eigenvalue weighted by Crippen LogP contribution is -2.07. The fraction of sp³-hybridized carbons (Fsp3) is 0.667. The zero-order chi connectivity index (χ0) is 11.4. The largest absolute Gasteiger partial charge is 0.394 e. The molecule has 0 fully saturated rings. The number of fused-ring (bicyclic) bond motifs is 1. The van der Waals surface area contributed by atoms with Crippen molar-refractivity contribution < 1.29 is 14.9 Å². The fourth-order valence-corrected chi connectivity index (χ4v) is 2.19. The average Bonchev–Trinajstić information content (AvgIpc) is 2.69. The molecule has 1 atom stereocenters. The minimum Gasteiger partial charge on any atom is -0.394 e. The van der Waals surface area contributed by atoms with E-state index >= 15 is 0 Å². The molecule has 1 aliphatic rings. The van der Waals surface area contributed by atoms with Gasteiger partial charge in [-0.05, 0) is 24.8 Å². The Bertz CT molecular complexity index is 335. The van der Waals surface area contributed by atoms with Gasteiger partial charge >= 0.3 is 0 Å². The van der Waals surface area contributed by atoms with Crippen molar-refractivity contribution >= 4 is 0 Å². The summed E-state index contributed by atoms with van der Waals surface area (Å²) in [6, 6.07) is 0. The third-order valence-electron chi connectivity index (χ3n) is 3.01. The minimum absolute atomic E-state index is 0.0703. The second-order valence-electron chi connectivity index (χ2n) is 4.22. The first-order chi connectivity index (χ1) is 7.81. The zero-order valence-electron chi connectivity index (χ0n) is 9.43. The average molecular weight is 225 g/mol. The maximum absolute atomic E-state index is 9.81. The van der Waals surface area contributed by atoms with Crippen LogP contribution in [0, 0.1) is 0 Å². The van der Waals surface area contributed by atoms with E-state index in [1.807, 2.05) is 6.20 Å². The monoisotopic (exact) mass is 225 g/mol. The normalized spacial score (nSPS) is 19.8. The topological polar surface area (TPSA) is 54.6 Å². The molecule has 1 unspecified atom stereocenters. The van der Waals surface area contributed by atoms with Gasteiger partial charge in [0.2, 0.25) is 0 Å². The molecule has 0 bridgehead atoms. The van der Waals surface area contributed by atoms with Crippen LogP contribution in [0.15, 0.2) is 12.4 Å². The van der Waals surface area contributed by atoms with Crippen molar-refractivity contribution in [1.82, 2.24) is 4.57 Å². The van der Waals surface area contributed by atoms with Crippen LogP contribution >= 0.6 is 0 Å². The molecule has 4 nitrogen and oxygen atoms in total. The van der Waals surface area contributed by atoms with Crippen LogP contribution in [0.3, 0.4) is 0 Å². The van der Waals surface area contributed by atoms with Crippen molar-refractivity contribution in [2.75, 3.05) is 19.8 Å². The smallest absolute Gasteiger partial charge is 0.0807 e. The van der Waals surface area contributed by atoms with Crippen LogP contribution < -0.4 is 0 Å². The second-order valence-corrected chi connectivity index (χ2v) is 4.22. The summed E-state index contributed by atoms with van der Waals surface area (Å²) in [5, 5.41) is 18.4. The highest BCUT2D eigenvalue weighted by Crippen LogP contribution is 2.29. The Morgan fingerprint density at radius 2 is 2.25 bits per heavy atom. The van der Waals surface area contributed by atoms with Crippen molar-refractivity contribution in [1.29, 1.82) is 0 Å². The zero-order valence-corrected chi connectivity index (χ0v) is 9.43. The maximum Gasteiger partial charge on any atom is 0.0807 e. The highest BCUT2D eigenvalue weighted by molar-refractivity contribution is 5.28. The van der Waals surface area contributed by atoms with Gasteiger partial charge in [-0.2, -0.15) is 0 Å². The van der Waals surface area contributed by atoms with Gasteiger partial charge in [0.15, 0.2) is 0 Å². The van der Waals surface area contributed by atoms with Crippen LogP contribution in [-0.4, -0.2) is 34.6 Å². The molecular formula is C12H19NO3. The summed E-state index contributed by atoms with van der Waals surface area (Å²) in [6.45, 7) is 1.84. The van der Waals surface area contributed by atoms with Crippen LogP contribution in [0.2, 0.25) is 0 Å². The first-order valence-corrected chi connectivity index (χ1v) is 5.86. The summed E-state index contributed by atoms with van der Waals surface area (Å²) >= 11 is 0. The van der Waals surface area contributed by atoms with Crippen molar-refractivity contribution in [2.45, 2.75) is 31.9 Å². The van der Waals surface area contributed by atoms with E-state index in [-0.39, 0.29) is 12.7 Å². The summed E-state index contributed by atoms with van der Waals surface area (Å²) in [4.78, 5) is 0. The number of hydrogen-bond donors (Lipinski definition) is 2. The molecule has 0 aliphatic heterocycles. The Morgan fingerprint density at radius 1 is 1.38 bits per heavy atom. The Kier molecular flexibility index (Phi) is 3.98. The summed E-state index contributed by atoms with van der Waals surface area (Å²) in [5.41, 5.74) is 2.34. The van der Waals surface area contributed by atoms with Crippen LogP contribution in [-0.2, 0) is 17.7 Å². The van der Waals surface area contributed by atoms with Crippen LogP contribution in [0.5, 0.6) is 0 Å². The molecule has 0 saturated carbocycles. The first kappa shape index (κ1) is 11.6. The summed E-state index contributed by atoms with van der Waals surface area (Å²) in [6.07, 6.45) is 6.83. The summed E-state index contributed by atoms with van der Waals surface area (Å²) < 4.78 is 7.28. The van der Waals surface area contributed by atoms with Crippen LogP contribution in [0.4, 0.5) is 0 Å². The van der Waals surface area contributed by atoms with Crippen LogP contribution in [0.1, 0.15) is 30.1 Å². The number of aromatic nitrogens is 1. The first-order valence-electron chi connectivity index (χ1n) is 5.86. The molecule has 2 N–H and O–H groups in total. The van der Waals surface area contributed by atoms with Crippen molar-refractivity contribution in [3.63, 3.8) is 0 Å². The van der Waals surface area contributed by atoms with Gasteiger partial charge in [0.05, 0.1) is 25.9 Å². The maximum atomic E-state index is 9.81. The molecule has 0 spiro atoms. The van der Waals surface area contributed by atoms with E-state index < -0.39 is 0 Å². The number of aryl methyl sites for hydroxylation is 1. The number of nitrogens with zero attached hydrogens (tertiary/aromatic N) is 1. The molecule has 0 aromatic carbocycles. The molecular weight excluding hydrogens is 206 g/mol. The molecule has 1 heterocycles. The van der Waals surface area contributed by atoms with Crippen molar-refractivity contribution in [2.24, 2.45) is 0 Å². The predicted octanol–water partition coefficient (Wildman–Crippen LogP) is 0.867. The van der Waals surface area contributed by atoms with Gasteiger partial charge in [0.1, 0.15) is 0 Å². The molecule has 1 aromatic rings. The van der Waals surface area contributed by atoms with E-state index in [2.05, 4.69) is 10.8 Å². The Labute approximate surface area is 95.5 Å². The van der Waals surface area contributed by atoms with Gasteiger partial charge in [-0.25, -0.2) is 0 Å². The third-order valence-corrected chi connectivity index (χ3v) is 3.01. The second kappa shape index (κ2) is 5.48. The van der Waals surface area contributed by atoms with Crippen molar-refractivity contribution in [3.05, 3.63) is 23.5 Å². The Hall–Kier alpha value is -0.840. The van der Waals surface area contributed by atoms with E-state index in [4.69, 9.17) is 9.84 Å². The molecule has 4 heteroatoms. The summed E-state index contributed by atoms with van der Waals surface area (Å²) in [5.74, 6) is 0. The quantitative estimate of drug-likeness (QED) is 0.731. The molecule has 0 radical (unpaired) electrons. The lowest BCUT2D eigenvalue weighted by Gasteiger charge is -2.16. The summed E-state index contributed by atoms with van der Waals surface area (Å²) in [7, 11) is 0. The predicted molar refractivity (Wildman–Crippen MR) is 60.2 cm³/mol. The molecule has 90 valence electrons. The lowest BCUT2D eigenvalue weighted by atomic mass is 9.93. The number of rotatable bonds is 5. The lowest BCUT2D eigenvalue weighted by molar-refractivity contribution is 0.0869. The van der Waals surface area contributed by atoms with E-state index in [1.165, 1.54) is 5.56 Å². The highest BCUT2D eigenvalue weighted by Gasteiger charge is 2.19. The molecule has 1 aromatic heterocycles. The van der Waals surface area contributed by atoms with E-state index in [0.717, 1.165) is 31.4 Å². The number of hydrogen-bond acceptors (Lipinski definition) is 3. The highest BCUT2D eigenvalue weighted by atomic mass is 16.5. The Balaban J connectivity index is 1.91. The number of aliphatic hydroxyl groups excluding tert-OH is 2. The fourth-order valence-electron chi connectivity index (χ4n) is 2.19. The molecule has 1 aliphatic carbocycles. The van der Waals surface area contributed by atoms with E-state index in [0.29, 0.717) is 13.2 Å².